The second-order valence-corrected chi connectivity index (χ2v) is 8.12. The molecule has 136 valence electrons. The summed E-state index contributed by atoms with van der Waals surface area (Å²) in [4.78, 5) is 13.4. The van der Waals surface area contributed by atoms with E-state index in [1.807, 2.05) is 6.07 Å². The molecule has 4 atom stereocenters. The van der Waals surface area contributed by atoms with Crippen molar-refractivity contribution in [3.63, 3.8) is 0 Å². The first kappa shape index (κ1) is 16.7. The lowest BCUT2D eigenvalue weighted by molar-refractivity contribution is -0.187. The van der Waals surface area contributed by atoms with Crippen molar-refractivity contribution in [3.8, 4) is 11.5 Å². The molecule has 6 nitrogen and oxygen atoms in total. The van der Waals surface area contributed by atoms with E-state index in [1.54, 1.807) is 12.1 Å². The molecule has 3 aliphatic rings. The second kappa shape index (κ2) is 5.88. The highest BCUT2D eigenvalue weighted by Crippen LogP contribution is 2.53. The number of primary amides is 1. The molecule has 0 spiro atoms. The number of carbonyl (C=O) groups excluding carboxylic acids is 1. The van der Waals surface area contributed by atoms with Gasteiger partial charge in [0, 0.05) is 30.6 Å². The van der Waals surface area contributed by atoms with Crippen molar-refractivity contribution in [1.29, 1.82) is 0 Å². The van der Waals surface area contributed by atoms with Gasteiger partial charge in [-0.05, 0) is 44.7 Å². The number of nitrogens with zero attached hydrogens (tertiary/aromatic N) is 1. The van der Waals surface area contributed by atoms with Crippen molar-refractivity contribution in [2.75, 3.05) is 19.6 Å². The van der Waals surface area contributed by atoms with Crippen LogP contribution in [0.25, 0.3) is 0 Å². The van der Waals surface area contributed by atoms with Crippen LogP contribution in [-0.2, 0) is 9.53 Å². The monoisotopic (exact) mass is 346 g/mol. The Morgan fingerprint density at radius 1 is 1.44 bits per heavy atom. The molecule has 2 fully saturated rings. The molecule has 0 aliphatic carbocycles. The molecular formula is C19H26N2O4. The number of ether oxygens (including phenoxy) is 2. The van der Waals surface area contributed by atoms with Crippen LogP contribution in [0.2, 0.25) is 0 Å². The molecule has 0 radical (unpaired) electrons. The first-order valence-corrected chi connectivity index (χ1v) is 9.01. The minimum Gasteiger partial charge on any atom is -0.508 e. The summed E-state index contributed by atoms with van der Waals surface area (Å²) in [6, 6.07) is 5.29. The van der Waals surface area contributed by atoms with Gasteiger partial charge in [-0.25, -0.2) is 0 Å². The number of likely N-dealkylation sites (tertiary alicyclic amines) is 1. The average molecular weight is 346 g/mol. The van der Waals surface area contributed by atoms with Crippen molar-refractivity contribution in [3.05, 3.63) is 23.8 Å². The minimum absolute atomic E-state index is 0.0108. The average Bonchev–Trinajstić information content (AvgIpc) is 2.52. The Balaban J connectivity index is 1.59. The predicted molar refractivity (Wildman–Crippen MR) is 92.3 cm³/mol. The first-order chi connectivity index (χ1) is 11.8. The van der Waals surface area contributed by atoms with Gasteiger partial charge in [0.25, 0.3) is 0 Å². The highest BCUT2D eigenvalue weighted by Gasteiger charge is 2.51. The molecular weight excluding hydrogens is 320 g/mol. The highest BCUT2D eigenvalue weighted by atomic mass is 16.5. The Morgan fingerprint density at radius 2 is 2.24 bits per heavy atom. The van der Waals surface area contributed by atoms with E-state index in [4.69, 9.17) is 15.2 Å². The smallest absolute Gasteiger partial charge is 0.231 e. The molecule has 1 amide bonds. The summed E-state index contributed by atoms with van der Waals surface area (Å²) in [5, 5.41) is 9.78. The van der Waals surface area contributed by atoms with Gasteiger partial charge in [0.05, 0.1) is 18.8 Å². The van der Waals surface area contributed by atoms with E-state index in [9.17, 15) is 9.90 Å². The fraction of sp³-hybridized carbons (Fsp3) is 0.632. The van der Waals surface area contributed by atoms with E-state index in [-0.39, 0.29) is 35.4 Å². The molecule has 1 aromatic carbocycles. The zero-order valence-corrected chi connectivity index (χ0v) is 14.8. The first-order valence-electron chi connectivity index (χ1n) is 9.01. The molecule has 3 aliphatic heterocycles. The van der Waals surface area contributed by atoms with E-state index < -0.39 is 0 Å². The fourth-order valence-corrected chi connectivity index (χ4v) is 4.73. The molecule has 4 rings (SSSR count). The third-order valence-electron chi connectivity index (χ3n) is 5.94. The van der Waals surface area contributed by atoms with Crippen LogP contribution in [-0.4, -0.2) is 47.3 Å². The van der Waals surface area contributed by atoms with Crippen molar-refractivity contribution in [1.82, 2.24) is 4.90 Å². The number of fused-ring (bicyclic) bond motifs is 4. The molecule has 1 aromatic rings. The summed E-state index contributed by atoms with van der Waals surface area (Å²) in [6.07, 6.45) is 2.09. The van der Waals surface area contributed by atoms with Gasteiger partial charge in [-0.3, -0.25) is 9.69 Å². The van der Waals surface area contributed by atoms with E-state index in [1.165, 1.54) is 0 Å². The molecule has 0 bridgehead atoms. The van der Waals surface area contributed by atoms with Crippen LogP contribution in [0.1, 0.15) is 38.4 Å². The number of amides is 1. The van der Waals surface area contributed by atoms with Crippen molar-refractivity contribution in [2.24, 2.45) is 17.6 Å². The van der Waals surface area contributed by atoms with E-state index in [0.717, 1.165) is 37.2 Å². The number of hydrogen-bond donors (Lipinski definition) is 2. The normalized spacial score (nSPS) is 33.5. The zero-order valence-electron chi connectivity index (χ0n) is 14.8. The number of nitrogens with two attached hydrogens (primary N) is 1. The van der Waals surface area contributed by atoms with Crippen LogP contribution in [0, 0.1) is 11.8 Å². The highest BCUT2D eigenvalue weighted by molar-refractivity contribution is 5.75. The quantitative estimate of drug-likeness (QED) is 0.853. The van der Waals surface area contributed by atoms with Crippen LogP contribution in [0.15, 0.2) is 18.2 Å². The number of carbonyl (C=O) groups is 1. The van der Waals surface area contributed by atoms with Gasteiger partial charge in [0.2, 0.25) is 5.91 Å². The summed E-state index contributed by atoms with van der Waals surface area (Å²) in [5.74, 6) is 1.27. The molecule has 0 unspecified atom stereocenters. The van der Waals surface area contributed by atoms with Crippen LogP contribution >= 0.6 is 0 Å². The number of piperidine rings is 1. The topological polar surface area (TPSA) is 85.0 Å². The summed E-state index contributed by atoms with van der Waals surface area (Å²) < 4.78 is 12.8. The number of phenols is 1. The van der Waals surface area contributed by atoms with Crippen LogP contribution in [0.4, 0.5) is 0 Å². The van der Waals surface area contributed by atoms with Crippen molar-refractivity contribution in [2.45, 2.75) is 44.5 Å². The van der Waals surface area contributed by atoms with Gasteiger partial charge in [-0.2, -0.15) is 0 Å². The Kier molecular flexibility index (Phi) is 3.92. The lowest BCUT2D eigenvalue weighted by atomic mass is 9.70. The molecule has 3 N–H and O–H groups in total. The number of benzene rings is 1. The third kappa shape index (κ3) is 2.98. The van der Waals surface area contributed by atoms with Crippen LogP contribution < -0.4 is 10.5 Å². The number of aromatic hydroxyl groups is 1. The Morgan fingerprint density at radius 3 is 3.00 bits per heavy atom. The maximum atomic E-state index is 11.2. The largest absolute Gasteiger partial charge is 0.508 e. The van der Waals surface area contributed by atoms with Crippen molar-refractivity contribution < 1.29 is 19.4 Å². The number of phenolic OH excluding ortho intramolecular Hbond substituents is 1. The standard InChI is InChI=1S/C19H26N2O4/c1-19(2)14-7-11-9-21(10-17(20)23)6-5-15(11)24-18(14)13-4-3-12(22)8-16(13)25-19/h3-4,8,11,14-15,18,22H,5-7,9-10H2,1-2H3,(H2,20,23)/t11-,14-,15-,18+/m1/s1. The van der Waals surface area contributed by atoms with Gasteiger partial charge in [-0.1, -0.05) is 0 Å². The molecule has 3 heterocycles. The van der Waals surface area contributed by atoms with E-state index in [0.29, 0.717) is 12.5 Å². The molecule has 25 heavy (non-hydrogen) atoms. The van der Waals surface area contributed by atoms with Crippen LogP contribution in [0.5, 0.6) is 11.5 Å². The van der Waals surface area contributed by atoms with E-state index in [2.05, 4.69) is 18.7 Å². The number of hydrogen-bond acceptors (Lipinski definition) is 5. The van der Waals surface area contributed by atoms with Crippen molar-refractivity contribution >= 4 is 5.91 Å². The maximum Gasteiger partial charge on any atom is 0.231 e. The minimum atomic E-state index is -0.373. The zero-order chi connectivity index (χ0) is 17.8. The Bertz CT molecular complexity index is 690. The Labute approximate surface area is 147 Å². The fourth-order valence-electron chi connectivity index (χ4n) is 4.73. The van der Waals surface area contributed by atoms with E-state index >= 15 is 0 Å². The summed E-state index contributed by atoms with van der Waals surface area (Å²) in [5.41, 5.74) is 6.01. The second-order valence-electron chi connectivity index (χ2n) is 8.12. The molecule has 0 aromatic heterocycles. The summed E-state index contributed by atoms with van der Waals surface area (Å²) in [6.45, 7) is 6.18. The van der Waals surface area contributed by atoms with Crippen LogP contribution in [0.3, 0.4) is 0 Å². The third-order valence-corrected chi connectivity index (χ3v) is 5.94. The maximum absolute atomic E-state index is 11.2. The van der Waals surface area contributed by atoms with Gasteiger partial charge in [0.15, 0.2) is 0 Å². The Hall–Kier alpha value is -1.79. The number of rotatable bonds is 2. The van der Waals surface area contributed by atoms with Gasteiger partial charge in [-0.15, -0.1) is 0 Å². The molecule has 6 heteroatoms. The lowest BCUT2D eigenvalue weighted by Crippen LogP contribution is -2.55. The van der Waals surface area contributed by atoms with Gasteiger partial charge < -0.3 is 20.3 Å². The van der Waals surface area contributed by atoms with Gasteiger partial charge in [0.1, 0.15) is 17.1 Å². The SMILES string of the molecule is CC1(C)Oc2cc(O)ccc2[C@@H]2O[C@@H]3CCN(CC(N)=O)C[C@H]3C[C@H]21. The molecule has 0 saturated carbocycles. The summed E-state index contributed by atoms with van der Waals surface area (Å²) >= 11 is 0. The summed E-state index contributed by atoms with van der Waals surface area (Å²) in [7, 11) is 0. The lowest BCUT2D eigenvalue weighted by Gasteiger charge is -2.53. The van der Waals surface area contributed by atoms with Gasteiger partial charge >= 0.3 is 0 Å². The molecule has 2 saturated heterocycles. The predicted octanol–water partition coefficient (Wildman–Crippen LogP) is 1.82.